The Morgan fingerprint density at radius 3 is 2.45 bits per heavy atom. The average Bonchev–Trinajstić information content (AvgIpc) is 2.41. The molecule has 0 bridgehead atoms. The summed E-state index contributed by atoms with van der Waals surface area (Å²) in [5, 5.41) is 0.717. The third-order valence-corrected chi connectivity index (χ3v) is 3.54. The van der Waals surface area contributed by atoms with Gasteiger partial charge in [0.2, 0.25) is 0 Å². The van der Waals surface area contributed by atoms with Crippen LogP contribution in [0.3, 0.4) is 0 Å². The van der Waals surface area contributed by atoms with Gasteiger partial charge in [0.1, 0.15) is 0 Å². The Labute approximate surface area is 130 Å². The summed E-state index contributed by atoms with van der Waals surface area (Å²) in [5.74, 6) is -1.13. The molecule has 6 heteroatoms. The maximum atomic E-state index is 13.5. The van der Waals surface area contributed by atoms with E-state index in [-0.39, 0.29) is 28.2 Å². The lowest BCUT2D eigenvalue weighted by molar-refractivity contribution is 0.0919. The van der Waals surface area contributed by atoms with Gasteiger partial charge in [-0.05, 0) is 30.3 Å². The highest BCUT2D eigenvalue weighted by Crippen LogP contribution is 2.27. The SMILES string of the molecule is O=C(COc1c(F)cccc1Cl)c1ccc(Cl)c(Cl)c1. The predicted molar refractivity (Wildman–Crippen MR) is 77.7 cm³/mol. The summed E-state index contributed by atoms with van der Waals surface area (Å²) in [4.78, 5) is 11.9. The van der Waals surface area contributed by atoms with Gasteiger partial charge in [-0.15, -0.1) is 0 Å². The number of Topliss-reactive ketones (excluding diaryl/α,β-unsaturated/α-hetero) is 1. The summed E-state index contributed by atoms with van der Waals surface area (Å²) in [5.41, 5.74) is 0.326. The van der Waals surface area contributed by atoms with E-state index in [1.54, 1.807) is 0 Å². The predicted octanol–water partition coefficient (Wildman–Crippen LogP) is 5.05. The van der Waals surface area contributed by atoms with Crippen molar-refractivity contribution < 1.29 is 13.9 Å². The van der Waals surface area contributed by atoms with Crippen LogP contribution in [-0.4, -0.2) is 12.4 Å². The number of carbonyl (C=O) groups excluding carboxylic acids is 1. The maximum Gasteiger partial charge on any atom is 0.200 e. The number of ketones is 1. The number of hydrogen-bond acceptors (Lipinski definition) is 2. The van der Waals surface area contributed by atoms with E-state index in [1.165, 1.54) is 36.4 Å². The normalized spacial score (nSPS) is 10.4. The lowest BCUT2D eigenvalue weighted by Gasteiger charge is -2.08. The fraction of sp³-hybridized carbons (Fsp3) is 0.0714. The number of rotatable bonds is 4. The van der Waals surface area contributed by atoms with Gasteiger partial charge in [0.15, 0.2) is 24.0 Å². The molecular formula is C14H8Cl3FO2. The molecular weight excluding hydrogens is 326 g/mol. The van der Waals surface area contributed by atoms with Crippen LogP contribution in [0.2, 0.25) is 15.1 Å². The lowest BCUT2D eigenvalue weighted by atomic mass is 10.1. The van der Waals surface area contributed by atoms with Crippen LogP contribution < -0.4 is 4.74 Å². The summed E-state index contributed by atoms with van der Waals surface area (Å²) in [7, 11) is 0. The first kappa shape index (κ1) is 15.1. The van der Waals surface area contributed by atoms with Crippen molar-refractivity contribution >= 4 is 40.6 Å². The molecule has 0 N–H and O–H groups in total. The first-order valence-corrected chi connectivity index (χ1v) is 6.67. The average molecular weight is 334 g/mol. The number of para-hydroxylation sites is 1. The van der Waals surface area contributed by atoms with Gasteiger partial charge in [-0.2, -0.15) is 0 Å². The monoisotopic (exact) mass is 332 g/mol. The highest BCUT2D eigenvalue weighted by Gasteiger charge is 2.13. The van der Waals surface area contributed by atoms with Crippen LogP contribution >= 0.6 is 34.8 Å². The van der Waals surface area contributed by atoms with Crippen molar-refractivity contribution in [2.45, 2.75) is 0 Å². The molecule has 2 aromatic rings. The summed E-state index contributed by atoms with van der Waals surface area (Å²) >= 11 is 17.4. The van der Waals surface area contributed by atoms with Gasteiger partial charge >= 0.3 is 0 Å². The smallest absolute Gasteiger partial charge is 0.200 e. The summed E-state index contributed by atoms with van der Waals surface area (Å²) in [6.45, 7) is -0.349. The van der Waals surface area contributed by atoms with E-state index >= 15 is 0 Å². The van der Waals surface area contributed by atoms with Crippen LogP contribution in [0, 0.1) is 5.82 Å². The fourth-order valence-corrected chi connectivity index (χ4v) is 2.03. The molecule has 0 atom stereocenters. The molecule has 0 spiro atoms. The topological polar surface area (TPSA) is 26.3 Å². The van der Waals surface area contributed by atoms with Crippen LogP contribution in [0.15, 0.2) is 36.4 Å². The van der Waals surface area contributed by atoms with E-state index in [4.69, 9.17) is 39.5 Å². The van der Waals surface area contributed by atoms with Gasteiger partial charge in [-0.3, -0.25) is 4.79 Å². The molecule has 0 unspecified atom stereocenters. The Balaban J connectivity index is 2.11. The second-order valence-electron chi connectivity index (χ2n) is 3.89. The van der Waals surface area contributed by atoms with Gasteiger partial charge in [0.25, 0.3) is 0 Å². The van der Waals surface area contributed by atoms with Gasteiger partial charge in [-0.1, -0.05) is 40.9 Å². The molecule has 20 heavy (non-hydrogen) atoms. The number of carbonyl (C=O) groups is 1. The van der Waals surface area contributed by atoms with Crippen LogP contribution in [-0.2, 0) is 0 Å². The first-order valence-electron chi connectivity index (χ1n) is 5.54. The molecule has 0 saturated carbocycles. The molecule has 0 amide bonds. The highest BCUT2D eigenvalue weighted by molar-refractivity contribution is 6.42. The van der Waals surface area contributed by atoms with Crippen molar-refractivity contribution in [2.24, 2.45) is 0 Å². The molecule has 0 heterocycles. The molecule has 0 fully saturated rings. The molecule has 0 aromatic heterocycles. The molecule has 0 aliphatic carbocycles. The summed E-state index contributed by atoms with van der Waals surface area (Å²) in [6, 6.07) is 8.58. The van der Waals surface area contributed by atoms with E-state index < -0.39 is 5.82 Å². The summed E-state index contributed by atoms with van der Waals surface area (Å²) in [6.07, 6.45) is 0. The lowest BCUT2D eigenvalue weighted by Crippen LogP contribution is -2.12. The Kier molecular flexibility index (Phi) is 4.86. The number of benzene rings is 2. The molecule has 2 nitrogen and oxygen atoms in total. The molecule has 2 aromatic carbocycles. The second-order valence-corrected chi connectivity index (χ2v) is 5.11. The number of halogens is 4. The quantitative estimate of drug-likeness (QED) is 0.732. The van der Waals surface area contributed by atoms with Crippen molar-refractivity contribution in [2.75, 3.05) is 6.61 Å². The Hall–Kier alpha value is -1.29. The maximum absolute atomic E-state index is 13.5. The minimum absolute atomic E-state index is 0.104. The van der Waals surface area contributed by atoms with Crippen LogP contribution in [0.5, 0.6) is 5.75 Å². The van der Waals surface area contributed by atoms with Crippen molar-refractivity contribution in [3.63, 3.8) is 0 Å². The second kappa shape index (κ2) is 6.44. The molecule has 104 valence electrons. The molecule has 0 aliphatic rings. The zero-order chi connectivity index (χ0) is 14.7. The molecule has 0 saturated heterocycles. The zero-order valence-electron chi connectivity index (χ0n) is 10.00. The van der Waals surface area contributed by atoms with Crippen LogP contribution in [0.1, 0.15) is 10.4 Å². The summed E-state index contributed by atoms with van der Waals surface area (Å²) < 4.78 is 18.6. The van der Waals surface area contributed by atoms with Gasteiger partial charge in [-0.25, -0.2) is 4.39 Å². The molecule has 2 rings (SSSR count). The Morgan fingerprint density at radius 1 is 1.05 bits per heavy atom. The largest absolute Gasteiger partial charge is 0.481 e. The van der Waals surface area contributed by atoms with Crippen LogP contribution in [0.4, 0.5) is 4.39 Å². The fourth-order valence-electron chi connectivity index (χ4n) is 1.51. The molecule has 0 radical (unpaired) electrons. The van der Waals surface area contributed by atoms with E-state index in [1.807, 2.05) is 0 Å². The van der Waals surface area contributed by atoms with Crippen LogP contribution in [0.25, 0.3) is 0 Å². The number of hydrogen-bond donors (Lipinski definition) is 0. The van der Waals surface area contributed by atoms with Gasteiger partial charge in [0.05, 0.1) is 15.1 Å². The third kappa shape index (κ3) is 3.42. The van der Waals surface area contributed by atoms with E-state index in [0.717, 1.165) is 0 Å². The van der Waals surface area contributed by atoms with Crippen molar-refractivity contribution in [3.05, 3.63) is 62.8 Å². The van der Waals surface area contributed by atoms with Crippen molar-refractivity contribution in [3.8, 4) is 5.75 Å². The minimum Gasteiger partial charge on any atom is -0.481 e. The highest BCUT2D eigenvalue weighted by atomic mass is 35.5. The zero-order valence-corrected chi connectivity index (χ0v) is 12.3. The Bertz CT molecular complexity index is 639. The minimum atomic E-state index is -0.626. The van der Waals surface area contributed by atoms with Gasteiger partial charge < -0.3 is 4.74 Å². The van der Waals surface area contributed by atoms with E-state index in [2.05, 4.69) is 0 Å². The standard InChI is InChI=1S/C14H8Cl3FO2/c15-9-5-4-8(6-11(9)17)13(19)7-20-14-10(16)2-1-3-12(14)18/h1-6H,7H2. The Morgan fingerprint density at radius 2 is 1.80 bits per heavy atom. The first-order chi connectivity index (χ1) is 9.49. The van der Waals surface area contributed by atoms with Crippen molar-refractivity contribution in [1.29, 1.82) is 0 Å². The van der Waals surface area contributed by atoms with Gasteiger partial charge in [0, 0.05) is 5.56 Å². The van der Waals surface area contributed by atoms with Crippen molar-refractivity contribution in [1.82, 2.24) is 0 Å². The van der Waals surface area contributed by atoms with E-state index in [9.17, 15) is 9.18 Å². The third-order valence-electron chi connectivity index (χ3n) is 2.51. The van der Waals surface area contributed by atoms with E-state index in [0.29, 0.717) is 10.6 Å². The number of ether oxygens (including phenoxy) is 1. The molecule has 0 aliphatic heterocycles.